The molecular weight excluding hydrogens is 506 g/mol. The SMILES string of the molecule is C=CCC(C(=O)N[C@H](C(=O)OC)C(C)C)(C(=O)OCC)N(Cc1ccccc1)Cc1cc([N+](=O)[O-])ccc1O. The van der Waals surface area contributed by atoms with Gasteiger partial charge in [0.2, 0.25) is 5.54 Å². The second-order valence-corrected chi connectivity index (χ2v) is 9.20. The predicted molar refractivity (Wildman–Crippen MR) is 143 cm³/mol. The van der Waals surface area contributed by atoms with Crippen LogP contribution in [0.2, 0.25) is 0 Å². The summed E-state index contributed by atoms with van der Waals surface area (Å²) in [6.45, 7) is 8.46. The van der Waals surface area contributed by atoms with E-state index in [-0.39, 0.29) is 49.0 Å². The zero-order chi connectivity index (χ0) is 29.2. The average Bonchev–Trinajstić information content (AvgIpc) is 2.90. The number of phenolic OH excluding ortho intramolecular Hbond substituents is 1. The molecule has 0 fully saturated rings. The van der Waals surface area contributed by atoms with Gasteiger partial charge in [-0.2, -0.15) is 0 Å². The zero-order valence-electron chi connectivity index (χ0n) is 22.6. The summed E-state index contributed by atoms with van der Waals surface area (Å²) in [6.07, 6.45) is 1.15. The van der Waals surface area contributed by atoms with Crippen LogP contribution in [0, 0.1) is 16.0 Å². The number of ether oxygens (including phenoxy) is 2. The first-order chi connectivity index (χ1) is 18.5. The number of methoxy groups -OCH3 is 1. The van der Waals surface area contributed by atoms with E-state index in [0.29, 0.717) is 5.56 Å². The zero-order valence-corrected chi connectivity index (χ0v) is 22.6. The minimum Gasteiger partial charge on any atom is -0.508 e. The number of rotatable bonds is 14. The Hall–Kier alpha value is -4.25. The maximum absolute atomic E-state index is 14.1. The smallest absolute Gasteiger partial charge is 0.336 e. The van der Waals surface area contributed by atoms with Crippen molar-refractivity contribution in [1.29, 1.82) is 0 Å². The van der Waals surface area contributed by atoms with Crippen molar-refractivity contribution in [2.75, 3.05) is 13.7 Å². The normalized spacial score (nSPS) is 13.3. The second-order valence-electron chi connectivity index (χ2n) is 9.20. The van der Waals surface area contributed by atoms with E-state index in [1.807, 2.05) is 0 Å². The van der Waals surface area contributed by atoms with Gasteiger partial charge >= 0.3 is 11.9 Å². The highest BCUT2D eigenvalue weighted by molar-refractivity contribution is 6.08. The number of nitrogens with one attached hydrogen (secondary N) is 1. The number of hydrogen-bond acceptors (Lipinski definition) is 9. The lowest BCUT2D eigenvalue weighted by molar-refractivity contribution is -0.385. The van der Waals surface area contributed by atoms with Crippen LogP contribution in [0.3, 0.4) is 0 Å². The number of nitro groups is 1. The van der Waals surface area contributed by atoms with Gasteiger partial charge in [-0.25, -0.2) is 9.59 Å². The molecule has 2 rings (SSSR count). The van der Waals surface area contributed by atoms with Gasteiger partial charge in [-0.1, -0.05) is 50.3 Å². The number of esters is 2. The van der Waals surface area contributed by atoms with Gasteiger partial charge in [-0.3, -0.25) is 19.8 Å². The number of benzene rings is 2. The van der Waals surface area contributed by atoms with Crippen molar-refractivity contribution in [2.24, 2.45) is 5.92 Å². The lowest BCUT2D eigenvalue weighted by Crippen LogP contribution is -2.65. The van der Waals surface area contributed by atoms with Gasteiger partial charge in [0.1, 0.15) is 11.8 Å². The lowest BCUT2D eigenvalue weighted by atomic mass is 9.88. The van der Waals surface area contributed by atoms with Crippen molar-refractivity contribution in [3.8, 4) is 5.75 Å². The van der Waals surface area contributed by atoms with Gasteiger partial charge in [0.05, 0.1) is 18.6 Å². The monoisotopic (exact) mass is 541 g/mol. The van der Waals surface area contributed by atoms with E-state index in [1.54, 1.807) is 51.1 Å². The molecule has 2 N–H and O–H groups in total. The van der Waals surface area contributed by atoms with Crippen LogP contribution < -0.4 is 5.32 Å². The van der Waals surface area contributed by atoms with Crippen molar-refractivity contribution in [3.05, 3.63) is 82.4 Å². The number of amides is 1. The van der Waals surface area contributed by atoms with Crippen LogP contribution in [0.25, 0.3) is 0 Å². The summed E-state index contributed by atoms with van der Waals surface area (Å²) >= 11 is 0. The topological polar surface area (TPSA) is 148 Å². The molecule has 0 aliphatic rings. The molecule has 1 amide bonds. The van der Waals surface area contributed by atoms with Gasteiger partial charge in [0, 0.05) is 37.2 Å². The summed E-state index contributed by atoms with van der Waals surface area (Å²) in [5, 5.41) is 24.7. The van der Waals surface area contributed by atoms with E-state index in [0.717, 1.165) is 6.07 Å². The molecule has 1 unspecified atom stereocenters. The third kappa shape index (κ3) is 7.41. The number of aromatic hydroxyl groups is 1. The van der Waals surface area contributed by atoms with E-state index in [2.05, 4.69) is 11.9 Å². The van der Waals surface area contributed by atoms with Crippen LogP contribution in [-0.2, 0) is 36.9 Å². The molecule has 0 aromatic heterocycles. The minimum absolute atomic E-state index is 0.00756. The van der Waals surface area contributed by atoms with Crippen LogP contribution in [0.1, 0.15) is 38.3 Å². The molecule has 39 heavy (non-hydrogen) atoms. The second kappa shape index (κ2) is 14.1. The molecule has 11 nitrogen and oxygen atoms in total. The number of non-ortho nitro benzene ring substituents is 1. The van der Waals surface area contributed by atoms with E-state index in [9.17, 15) is 29.6 Å². The molecule has 2 aromatic rings. The average molecular weight is 542 g/mol. The number of nitro benzene ring substituents is 1. The molecule has 2 aromatic carbocycles. The maximum atomic E-state index is 14.1. The summed E-state index contributed by atoms with van der Waals surface area (Å²) in [5.74, 6) is -3.08. The molecule has 0 spiro atoms. The van der Waals surface area contributed by atoms with Gasteiger partial charge in [0.25, 0.3) is 11.6 Å². The Kier molecular flexibility index (Phi) is 11.2. The van der Waals surface area contributed by atoms with Crippen molar-refractivity contribution in [2.45, 2.75) is 51.9 Å². The van der Waals surface area contributed by atoms with Crippen molar-refractivity contribution in [3.63, 3.8) is 0 Å². The highest BCUT2D eigenvalue weighted by Crippen LogP contribution is 2.32. The van der Waals surface area contributed by atoms with Gasteiger partial charge in [-0.05, 0) is 24.5 Å². The number of hydrogen-bond donors (Lipinski definition) is 2. The van der Waals surface area contributed by atoms with E-state index < -0.39 is 34.3 Å². The summed E-state index contributed by atoms with van der Waals surface area (Å²) in [5.41, 5.74) is -1.52. The Bertz CT molecular complexity index is 1180. The van der Waals surface area contributed by atoms with Crippen molar-refractivity contribution >= 4 is 23.5 Å². The Labute approximate surface area is 227 Å². The number of carbonyl (C=O) groups is 3. The summed E-state index contributed by atoms with van der Waals surface area (Å²) in [4.78, 5) is 52.6. The molecule has 0 saturated carbocycles. The summed E-state index contributed by atoms with van der Waals surface area (Å²) < 4.78 is 10.2. The number of nitrogens with zero attached hydrogens (tertiary/aromatic N) is 2. The van der Waals surface area contributed by atoms with Crippen LogP contribution in [0.5, 0.6) is 5.75 Å². The minimum atomic E-state index is -2.06. The first kappa shape index (κ1) is 31.0. The molecular formula is C28H35N3O8. The lowest BCUT2D eigenvalue weighted by Gasteiger charge is -2.41. The fraction of sp³-hybridized carbons (Fsp3) is 0.393. The largest absolute Gasteiger partial charge is 0.508 e. The van der Waals surface area contributed by atoms with Crippen molar-refractivity contribution in [1.82, 2.24) is 10.2 Å². The molecule has 0 heterocycles. The highest BCUT2D eigenvalue weighted by Gasteiger charge is 2.52. The molecule has 0 saturated heterocycles. The quantitative estimate of drug-likeness (QED) is 0.120. The molecule has 0 aliphatic carbocycles. The first-order valence-corrected chi connectivity index (χ1v) is 12.4. The molecule has 0 radical (unpaired) electrons. The summed E-state index contributed by atoms with van der Waals surface area (Å²) in [6, 6.07) is 11.4. The molecule has 210 valence electrons. The summed E-state index contributed by atoms with van der Waals surface area (Å²) in [7, 11) is 1.19. The van der Waals surface area contributed by atoms with Gasteiger partial charge in [-0.15, -0.1) is 6.58 Å². The van der Waals surface area contributed by atoms with Crippen LogP contribution in [0.4, 0.5) is 5.69 Å². The van der Waals surface area contributed by atoms with Crippen LogP contribution >= 0.6 is 0 Å². The fourth-order valence-corrected chi connectivity index (χ4v) is 4.16. The first-order valence-electron chi connectivity index (χ1n) is 12.4. The van der Waals surface area contributed by atoms with Gasteiger partial charge in [0.15, 0.2) is 0 Å². The standard InChI is InChI=1S/C28H35N3O8/c1-6-15-28(27(35)39-7-2,26(34)29-24(19(3)4)25(33)38-5)30(17-20-11-9-8-10-12-20)18-21-16-22(31(36)37)13-14-23(21)32/h6,8-14,16,19,24,32H,1,7,15,17-18H2,2-5H3,(H,29,34)/t24-,28?/m0/s1. The molecule has 2 atom stereocenters. The maximum Gasteiger partial charge on any atom is 0.336 e. The van der Waals surface area contributed by atoms with E-state index >= 15 is 0 Å². The number of carbonyl (C=O) groups excluding carboxylic acids is 3. The third-order valence-electron chi connectivity index (χ3n) is 6.23. The third-order valence-corrected chi connectivity index (χ3v) is 6.23. The Balaban J connectivity index is 2.77. The highest BCUT2D eigenvalue weighted by atomic mass is 16.6. The molecule has 11 heteroatoms. The van der Waals surface area contributed by atoms with Crippen LogP contribution in [-0.4, -0.2) is 58.1 Å². The van der Waals surface area contributed by atoms with E-state index in [4.69, 9.17) is 9.47 Å². The van der Waals surface area contributed by atoms with Crippen LogP contribution in [0.15, 0.2) is 61.2 Å². The van der Waals surface area contributed by atoms with E-state index in [1.165, 1.54) is 30.2 Å². The molecule has 0 aliphatic heterocycles. The Morgan fingerprint density at radius 2 is 1.85 bits per heavy atom. The van der Waals surface area contributed by atoms with Gasteiger partial charge < -0.3 is 19.9 Å². The molecule has 0 bridgehead atoms. The fourth-order valence-electron chi connectivity index (χ4n) is 4.16. The predicted octanol–water partition coefficient (Wildman–Crippen LogP) is 3.49. The Morgan fingerprint density at radius 1 is 1.18 bits per heavy atom. The Morgan fingerprint density at radius 3 is 2.38 bits per heavy atom. The van der Waals surface area contributed by atoms with Crippen molar-refractivity contribution < 1.29 is 33.9 Å². The number of phenols is 1.